The van der Waals surface area contributed by atoms with E-state index in [0.29, 0.717) is 0 Å². The van der Waals surface area contributed by atoms with Crippen molar-refractivity contribution in [3.8, 4) is 0 Å². The molecule has 1 aromatic heterocycles. The zero-order valence-electron chi connectivity index (χ0n) is 8.59. The molecule has 0 saturated heterocycles. The Morgan fingerprint density at radius 3 is 3.00 bits per heavy atom. The van der Waals surface area contributed by atoms with Crippen LogP contribution in [0, 0.1) is 0 Å². The topological polar surface area (TPSA) is 27.8 Å². The molecule has 0 spiro atoms. The molecule has 80 valence electrons. The molecule has 3 heteroatoms. The lowest BCUT2D eigenvalue weighted by Crippen LogP contribution is -2.14. The van der Waals surface area contributed by atoms with Gasteiger partial charge in [-0.15, -0.1) is 11.6 Å². The lowest BCUT2D eigenvalue weighted by Gasteiger charge is -2.01. The van der Waals surface area contributed by atoms with Gasteiger partial charge in [0.25, 0.3) is 0 Å². The number of fused-ring (bicyclic) bond motifs is 1. The minimum atomic E-state index is 0.723. The van der Waals surface area contributed by atoms with Gasteiger partial charge in [-0.25, -0.2) is 0 Å². The third kappa shape index (κ3) is 2.52. The van der Waals surface area contributed by atoms with Crippen molar-refractivity contribution in [1.29, 1.82) is 0 Å². The smallest absolute Gasteiger partial charge is 0.0457 e. The number of hydrogen-bond donors (Lipinski definition) is 2. The van der Waals surface area contributed by atoms with E-state index in [-0.39, 0.29) is 0 Å². The summed E-state index contributed by atoms with van der Waals surface area (Å²) in [5.41, 5.74) is 2.52. The number of rotatable bonds is 5. The maximum atomic E-state index is 5.61. The molecule has 0 unspecified atom stereocenters. The Labute approximate surface area is 94.6 Å². The van der Waals surface area contributed by atoms with E-state index in [1.54, 1.807) is 0 Å². The number of alkyl halides is 1. The summed E-state index contributed by atoms with van der Waals surface area (Å²) in [6.45, 7) is 1.88. The first-order valence-electron chi connectivity index (χ1n) is 5.23. The summed E-state index contributed by atoms with van der Waals surface area (Å²) in [6, 6.07) is 8.35. The number of aromatic amines is 1. The van der Waals surface area contributed by atoms with Crippen LogP contribution in [0.25, 0.3) is 10.9 Å². The van der Waals surface area contributed by atoms with Crippen LogP contribution >= 0.6 is 11.6 Å². The minimum Gasteiger partial charge on any atom is -0.361 e. The van der Waals surface area contributed by atoms with E-state index in [1.807, 2.05) is 6.07 Å². The number of para-hydroxylation sites is 1. The number of H-pyrrole nitrogens is 1. The summed E-state index contributed by atoms with van der Waals surface area (Å²) in [4.78, 5) is 3.26. The van der Waals surface area contributed by atoms with Crippen molar-refractivity contribution in [2.45, 2.75) is 13.0 Å². The van der Waals surface area contributed by atoms with Crippen LogP contribution in [0.2, 0.25) is 0 Å². The second-order valence-corrected chi connectivity index (χ2v) is 3.96. The van der Waals surface area contributed by atoms with Crippen LogP contribution in [0.4, 0.5) is 0 Å². The highest BCUT2D eigenvalue weighted by molar-refractivity contribution is 6.17. The van der Waals surface area contributed by atoms with Gasteiger partial charge in [0.2, 0.25) is 0 Å². The molecule has 2 nitrogen and oxygen atoms in total. The van der Waals surface area contributed by atoms with Crippen molar-refractivity contribution in [3.05, 3.63) is 36.0 Å². The first kappa shape index (κ1) is 10.5. The van der Waals surface area contributed by atoms with Crippen LogP contribution in [-0.4, -0.2) is 17.4 Å². The lowest BCUT2D eigenvalue weighted by molar-refractivity contribution is 0.680. The molecule has 2 rings (SSSR count). The van der Waals surface area contributed by atoms with E-state index in [0.717, 1.165) is 25.4 Å². The van der Waals surface area contributed by atoms with Crippen LogP contribution in [0.5, 0.6) is 0 Å². The fourth-order valence-electron chi connectivity index (χ4n) is 1.69. The summed E-state index contributed by atoms with van der Waals surface area (Å²) < 4.78 is 0. The monoisotopic (exact) mass is 222 g/mol. The van der Waals surface area contributed by atoms with Crippen LogP contribution in [0.1, 0.15) is 12.0 Å². The molecule has 0 atom stereocenters. The van der Waals surface area contributed by atoms with Gasteiger partial charge in [-0.05, 0) is 24.6 Å². The summed E-state index contributed by atoms with van der Waals surface area (Å²) >= 11 is 5.61. The summed E-state index contributed by atoms with van der Waals surface area (Å²) in [5, 5.41) is 4.68. The van der Waals surface area contributed by atoms with Crippen molar-refractivity contribution < 1.29 is 0 Å². The van der Waals surface area contributed by atoms with Gasteiger partial charge in [-0.2, -0.15) is 0 Å². The van der Waals surface area contributed by atoms with Crippen LogP contribution in [0.3, 0.4) is 0 Å². The predicted molar refractivity (Wildman–Crippen MR) is 65.3 cm³/mol. The second-order valence-electron chi connectivity index (χ2n) is 3.58. The summed E-state index contributed by atoms with van der Waals surface area (Å²) in [6.07, 6.45) is 3.09. The van der Waals surface area contributed by atoms with E-state index in [2.05, 4.69) is 34.7 Å². The average molecular weight is 223 g/mol. The van der Waals surface area contributed by atoms with Gasteiger partial charge in [0.15, 0.2) is 0 Å². The molecule has 0 aliphatic rings. The third-order valence-electron chi connectivity index (χ3n) is 2.48. The first-order valence-corrected chi connectivity index (χ1v) is 5.77. The Hall–Kier alpha value is -0.990. The van der Waals surface area contributed by atoms with Gasteiger partial charge in [-0.3, -0.25) is 0 Å². The molecule has 0 bridgehead atoms. The number of benzene rings is 1. The predicted octanol–water partition coefficient (Wildman–Crippen LogP) is 2.89. The Morgan fingerprint density at radius 1 is 1.27 bits per heavy atom. The Bertz CT molecular complexity index is 422. The molecule has 0 saturated carbocycles. The molecule has 1 aromatic carbocycles. The molecule has 2 aromatic rings. The standard InChI is InChI=1S/C12H15ClN2/c13-6-3-7-14-8-10-9-15-12-5-2-1-4-11(10)12/h1-2,4-5,9,14-15H,3,6-8H2. The van der Waals surface area contributed by atoms with Crippen LogP contribution < -0.4 is 5.32 Å². The van der Waals surface area contributed by atoms with Crippen molar-refractivity contribution in [1.82, 2.24) is 10.3 Å². The first-order chi connectivity index (χ1) is 7.42. The van der Waals surface area contributed by atoms with Crippen molar-refractivity contribution in [3.63, 3.8) is 0 Å². The van der Waals surface area contributed by atoms with Crippen molar-refractivity contribution in [2.24, 2.45) is 0 Å². The summed E-state index contributed by atoms with van der Waals surface area (Å²) in [5.74, 6) is 0.723. The normalized spacial score (nSPS) is 11.0. The minimum absolute atomic E-state index is 0.723. The highest BCUT2D eigenvalue weighted by atomic mass is 35.5. The highest BCUT2D eigenvalue weighted by Crippen LogP contribution is 2.16. The molecule has 0 amide bonds. The maximum absolute atomic E-state index is 5.61. The van der Waals surface area contributed by atoms with E-state index >= 15 is 0 Å². The Morgan fingerprint density at radius 2 is 2.13 bits per heavy atom. The van der Waals surface area contributed by atoms with E-state index < -0.39 is 0 Å². The van der Waals surface area contributed by atoms with Gasteiger partial charge < -0.3 is 10.3 Å². The molecule has 0 aliphatic heterocycles. The van der Waals surface area contributed by atoms with Gasteiger partial charge in [0.1, 0.15) is 0 Å². The van der Waals surface area contributed by atoms with Gasteiger partial charge in [0, 0.05) is 29.5 Å². The number of hydrogen-bond acceptors (Lipinski definition) is 1. The summed E-state index contributed by atoms with van der Waals surface area (Å²) in [7, 11) is 0. The molecular weight excluding hydrogens is 208 g/mol. The average Bonchev–Trinajstić information content (AvgIpc) is 2.68. The molecule has 0 fully saturated rings. The molecule has 15 heavy (non-hydrogen) atoms. The lowest BCUT2D eigenvalue weighted by atomic mass is 10.2. The second kappa shape index (κ2) is 5.19. The van der Waals surface area contributed by atoms with Crippen molar-refractivity contribution >= 4 is 22.5 Å². The fraction of sp³-hybridized carbons (Fsp3) is 0.333. The zero-order chi connectivity index (χ0) is 10.5. The van der Waals surface area contributed by atoms with E-state index in [9.17, 15) is 0 Å². The third-order valence-corrected chi connectivity index (χ3v) is 2.74. The molecule has 2 N–H and O–H groups in total. The van der Waals surface area contributed by atoms with Gasteiger partial charge in [-0.1, -0.05) is 18.2 Å². The highest BCUT2D eigenvalue weighted by Gasteiger charge is 2.01. The largest absolute Gasteiger partial charge is 0.361 e. The van der Waals surface area contributed by atoms with Crippen molar-refractivity contribution in [2.75, 3.05) is 12.4 Å². The Kier molecular flexibility index (Phi) is 3.64. The van der Waals surface area contributed by atoms with Crippen LogP contribution in [0.15, 0.2) is 30.5 Å². The van der Waals surface area contributed by atoms with Gasteiger partial charge >= 0.3 is 0 Å². The molecular formula is C12H15ClN2. The molecule has 0 aliphatic carbocycles. The molecule has 1 heterocycles. The van der Waals surface area contributed by atoms with E-state index in [1.165, 1.54) is 16.5 Å². The fourth-order valence-corrected chi connectivity index (χ4v) is 1.83. The quantitative estimate of drug-likeness (QED) is 0.591. The SMILES string of the molecule is ClCCCNCc1c[nH]c2ccccc12. The Balaban J connectivity index is 2.02. The van der Waals surface area contributed by atoms with E-state index in [4.69, 9.17) is 11.6 Å². The number of halogens is 1. The van der Waals surface area contributed by atoms with Gasteiger partial charge in [0.05, 0.1) is 0 Å². The molecule has 0 radical (unpaired) electrons. The maximum Gasteiger partial charge on any atom is 0.0457 e. The zero-order valence-corrected chi connectivity index (χ0v) is 9.35. The number of nitrogens with one attached hydrogen (secondary N) is 2. The van der Waals surface area contributed by atoms with Crippen LogP contribution in [-0.2, 0) is 6.54 Å². The number of aromatic nitrogens is 1.